The van der Waals surface area contributed by atoms with Gasteiger partial charge in [-0.2, -0.15) is 0 Å². The summed E-state index contributed by atoms with van der Waals surface area (Å²) in [4.78, 5) is 22.4. The number of anilines is 1. The molecule has 3 aromatic rings. The van der Waals surface area contributed by atoms with E-state index in [1.807, 2.05) is 46.8 Å². The van der Waals surface area contributed by atoms with Gasteiger partial charge in [-0.05, 0) is 59.2 Å². The summed E-state index contributed by atoms with van der Waals surface area (Å²) in [6.45, 7) is 12.0. The SMILES string of the molecule is Cc1nc(NCc2ccco2)c2sc(CC(C)NC(=O)OC(C)(C)C)c(C)c2n1. The highest BCUT2D eigenvalue weighted by atomic mass is 32.1. The number of nitrogens with one attached hydrogen (secondary N) is 2. The number of hydrogen-bond acceptors (Lipinski definition) is 7. The summed E-state index contributed by atoms with van der Waals surface area (Å²) in [5.74, 6) is 2.36. The Morgan fingerprint density at radius 2 is 2.07 bits per heavy atom. The Labute approximate surface area is 174 Å². The molecule has 156 valence electrons. The van der Waals surface area contributed by atoms with Crippen molar-refractivity contribution in [3.05, 3.63) is 40.4 Å². The van der Waals surface area contributed by atoms with Gasteiger partial charge in [0.2, 0.25) is 0 Å². The molecule has 0 saturated heterocycles. The molecule has 3 heterocycles. The maximum atomic E-state index is 12.0. The molecular weight excluding hydrogens is 388 g/mol. The van der Waals surface area contributed by atoms with Gasteiger partial charge in [0, 0.05) is 17.3 Å². The third-order valence-corrected chi connectivity index (χ3v) is 5.55. The summed E-state index contributed by atoms with van der Waals surface area (Å²) in [6, 6.07) is 3.72. The normalized spacial score (nSPS) is 12.8. The summed E-state index contributed by atoms with van der Waals surface area (Å²) in [5.41, 5.74) is 1.55. The first kappa shape index (κ1) is 21.1. The molecule has 0 aliphatic heterocycles. The van der Waals surface area contributed by atoms with Crippen LogP contribution in [0.3, 0.4) is 0 Å². The van der Waals surface area contributed by atoms with Crippen LogP contribution in [0.25, 0.3) is 10.2 Å². The Bertz CT molecular complexity index is 990. The van der Waals surface area contributed by atoms with Crippen molar-refractivity contribution in [2.45, 2.75) is 66.2 Å². The Balaban J connectivity index is 1.77. The summed E-state index contributed by atoms with van der Waals surface area (Å²) >= 11 is 1.65. The molecule has 0 aromatic carbocycles. The van der Waals surface area contributed by atoms with Crippen molar-refractivity contribution in [3.63, 3.8) is 0 Å². The number of nitrogens with zero attached hydrogens (tertiary/aromatic N) is 2. The zero-order valence-corrected chi connectivity index (χ0v) is 18.6. The van der Waals surface area contributed by atoms with Crippen molar-refractivity contribution in [2.75, 3.05) is 5.32 Å². The molecule has 1 atom stereocenters. The molecule has 0 saturated carbocycles. The zero-order valence-electron chi connectivity index (χ0n) is 17.8. The minimum absolute atomic E-state index is 0.0646. The molecule has 1 amide bonds. The van der Waals surface area contributed by atoms with E-state index in [4.69, 9.17) is 9.15 Å². The molecule has 2 N–H and O–H groups in total. The van der Waals surface area contributed by atoms with Crippen LogP contribution in [0.5, 0.6) is 0 Å². The summed E-state index contributed by atoms with van der Waals surface area (Å²) in [7, 11) is 0. The first-order valence-corrected chi connectivity index (χ1v) is 10.5. The van der Waals surface area contributed by atoms with E-state index >= 15 is 0 Å². The molecule has 29 heavy (non-hydrogen) atoms. The standard InChI is InChI=1S/C21H28N4O3S/c1-12(23-20(26)28-21(4,5)6)10-16-13(2)17-18(29-16)19(25-14(3)24-17)22-11-15-8-7-9-27-15/h7-9,12H,10-11H2,1-6H3,(H,23,26)(H,22,24,25). The highest BCUT2D eigenvalue weighted by molar-refractivity contribution is 7.19. The summed E-state index contributed by atoms with van der Waals surface area (Å²) in [5, 5.41) is 6.27. The number of thiophene rings is 1. The lowest BCUT2D eigenvalue weighted by molar-refractivity contribution is 0.0508. The Morgan fingerprint density at radius 3 is 2.72 bits per heavy atom. The number of amides is 1. The van der Waals surface area contributed by atoms with E-state index in [0.717, 1.165) is 27.4 Å². The number of rotatable bonds is 6. The van der Waals surface area contributed by atoms with E-state index in [0.29, 0.717) is 18.8 Å². The van der Waals surface area contributed by atoms with E-state index in [-0.39, 0.29) is 6.04 Å². The van der Waals surface area contributed by atoms with E-state index in [2.05, 4.69) is 27.5 Å². The second kappa shape index (κ2) is 8.41. The monoisotopic (exact) mass is 416 g/mol. The van der Waals surface area contributed by atoms with Crippen molar-refractivity contribution < 1.29 is 13.9 Å². The van der Waals surface area contributed by atoms with Crippen LogP contribution in [0.1, 0.15) is 49.7 Å². The number of carbonyl (C=O) groups excluding carboxylic acids is 1. The number of carbonyl (C=O) groups is 1. The number of furan rings is 1. The predicted octanol–water partition coefficient (Wildman–Crippen LogP) is 4.97. The number of fused-ring (bicyclic) bond motifs is 1. The molecule has 0 aliphatic rings. The van der Waals surface area contributed by atoms with Crippen molar-refractivity contribution in [1.82, 2.24) is 15.3 Å². The zero-order chi connectivity index (χ0) is 21.2. The average Bonchev–Trinajstić information content (AvgIpc) is 3.21. The second-order valence-corrected chi connectivity index (χ2v) is 9.24. The smallest absolute Gasteiger partial charge is 0.407 e. The molecule has 7 nitrogen and oxygen atoms in total. The predicted molar refractivity (Wildman–Crippen MR) is 115 cm³/mol. The van der Waals surface area contributed by atoms with Gasteiger partial charge in [-0.15, -0.1) is 11.3 Å². The molecule has 0 radical (unpaired) electrons. The van der Waals surface area contributed by atoms with Gasteiger partial charge in [0.25, 0.3) is 0 Å². The number of aryl methyl sites for hydroxylation is 2. The third-order valence-electron chi connectivity index (χ3n) is 4.24. The average molecular weight is 417 g/mol. The number of alkyl carbamates (subject to hydrolysis) is 1. The van der Waals surface area contributed by atoms with Gasteiger partial charge in [-0.1, -0.05) is 0 Å². The maximum absolute atomic E-state index is 12.0. The molecule has 0 fully saturated rings. The number of hydrogen-bond donors (Lipinski definition) is 2. The Hall–Kier alpha value is -2.61. The van der Waals surface area contributed by atoms with Gasteiger partial charge < -0.3 is 19.8 Å². The van der Waals surface area contributed by atoms with Crippen molar-refractivity contribution >= 4 is 33.5 Å². The van der Waals surface area contributed by atoms with Crippen molar-refractivity contribution in [1.29, 1.82) is 0 Å². The fraction of sp³-hybridized carbons (Fsp3) is 0.476. The first-order chi connectivity index (χ1) is 13.6. The Morgan fingerprint density at radius 1 is 1.31 bits per heavy atom. The molecule has 0 bridgehead atoms. The quantitative estimate of drug-likeness (QED) is 0.590. The van der Waals surface area contributed by atoms with Crippen LogP contribution in [0, 0.1) is 13.8 Å². The fourth-order valence-corrected chi connectivity index (χ4v) is 4.32. The van der Waals surface area contributed by atoms with Crippen LogP contribution >= 0.6 is 11.3 Å². The van der Waals surface area contributed by atoms with Gasteiger partial charge >= 0.3 is 6.09 Å². The molecule has 1 unspecified atom stereocenters. The van der Waals surface area contributed by atoms with Crippen LogP contribution in [0.4, 0.5) is 10.6 Å². The highest BCUT2D eigenvalue weighted by Crippen LogP contribution is 2.34. The van der Waals surface area contributed by atoms with Crippen molar-refractivity contribution in [2.24, 2.45) is 0 Å². The van der Waals surface area contributed by atoms with Gasteiger partial charge in [0.15, 0.2) is 0 Å². The van der Waals surface area contributed by atoms with Crippen LogP contribution in [0.2, 0.25) is 0 Å². The topological polar surface area (TPSA) is 89.3 Å². The van der Waals surface area contributed by atoms with Gasteiger partial charge in [0.05, 0.1) is 23.0 Å². The molecule has 0 aliphatic carbocycles. The van der Waals surface area contributed by atoms with Gasteiger partial charge in [-0.25, -0.2) is 14.8 Å². The lowest BCUT2D eigenvalue weighted by Gasteiger charge is -2.21. The molecule has 3 aromatic heterocycles. The second-order valence-electron chi connectivity index (χ2n) is 8.13. The minimum Gasteiger partial charge on any atom is -0.467 e. The third kappa shape index (κ3) is 5.47. The Kier molecular flexibility index (Phi) is 6.12. The highest BCUT2D eigenvalue weighted by Gasteiger charge is 2.20. The fourth-order valence-electron chi connectivity index (χ4n) is 2.98. The minimum atomic E-state index is -0.515. The maximum Gasteiger partial charge on any atom is 0.407 e. The number of ether oxygens (including phenoxy) is 1. The van der Waals surface area contributed by atoms with Crippen LogP contribution in [-0.4, -0.2) is 27.7 Å². The van der Waals surface area contributed by atoms with Crippen LogP contribution in [-0.2, 0) is 17.7 Å². The lowest BCUT2D eigenvalue weighted by atomic mass is 10.1. The van der Waals surface area contributed by atoms with E-state index < -0.39 is 11.7 Å². The van der Waals surface area contributed by atoms with Crippen molar-refractivity contribution in [3.8, 4) is 0 Å². The molecular formula is C21H28N4O3S. The largest absolute Gasteiger partial charge is 0.467 e. The van der Waals surface area contributed by atoms with E-state index in [9.17, 15) is 4.79 Å². The molecule has 0 spiro atoms. The molecule has 3 rings (SSSR count). The summed E-state index contributed by atoms with van der Waals surface area (Å²) < 4.78 is 11.8. The van der Waals surface area contributed by atoms with Gasteiger partial charge in [-0.3, -0.25) is 0 Å². The van der Waals surface area contributed by atoms with E-state index in [1.165, 1.54) is 4.88 Å². The summed E-state index contributed by atoms with van der Waals surface area (Å²) in [6.07, 6.45) is 1.95. The molecule has 8 heteroatoms. The van der Waals surface area contributed by atoms with E-state index in [1.54, 1.807) is 17.6 Å². The first-order valence-electron chi connectivity index (χ1n) is 9.65. The van der Waals surface area contributed by atoms with Gasteiger partial charge in [0.1, 0.15) is 23.0 Å². The number of aromatic nitrogens is 2. The lowest BCUT2D eigenvalue weighted by Crippen LogP contribution is -2.38. The van der Waals surface area contributed by atoms with Crippen LogP contribution in [0.15, 0.2) is 22.8 Å². The van der Waals surface area contributed by atoms with Crippen LogP contribution < -0.4 is 10.6 Å².